The zero-order valence-corrected chi connectivity index (χ0v) is 9.80. The lowest BCUT2D eigenvalue weighted by molar-refractivity contribution is 0.474. The molecule has 0 atom stereocenters. The van der Waals surface area contributed by atoms with Crippen molar-refractivity contribution in [1.29, 1.82) is 5.26 Å². The third-order valence-corrected chi connectivity index (χ3v) is 3.35. The molecule has 0 saturated heterocycles. The summed E-state index contributed by atoms with van der Waals surface area (Å²) in [5.74, 6) is 1.16. The van der Waals surface area contributed by atoms with Crippen molar-refractivity contribution in [1.82, 2.24) is 5.32 Å². The minimum absolute atomic E-state index is 0.365. The predicted octanol–water partition coefficient (Wildman–Crippen LogP) is 2.81. The quantitative estimate of drug-likeness (QED) is 0.881. The highest BCUT2D eigenvalue weighted by Gasteiger charge is 2.02. The molecule has 0 aromatic carbocycles. The van der Waals surface area contributed by atoms with Crippen LogP contribution >= 0.6 is 11.3 Å². The lowest BCUT2D eigenvalue weighted by Gasteiger charge is -2.01. The predicted molar refractivity (Wildman–Crippen MR) is 63.0 cm³/mol. The minimum Gasteiger partial charge on any atom is -0.449 e. The number of nitriles is 1. The van der Waals surface area contributed by atoms with Crippen LogP contribution in [0.1, 0.15) is 22.0 Å². The highest BCUT2D eigenvalue weighted by Crippen LogP contribution is 2.15. The molecular formula is C12H12N2OS. The van der Waals surface area contributed by atoms with Gasteiger partial charge in [0.05, 0.1) is 6.54 Å². The first kappa shape index (κ1) is 10.9. The topological polar surface area (TPSA) is 49.0 Å². The number of hydrogen-bond donors (Lipinski definition) is 1. The fraction of sp³-hybridized carbons (Fsp3) is 0.250. The SMILES string of the molecule is Cc1ccsc1CNCc1ccc(C#N)o1. The molecule has 2 aromatic rings. The summed E-state index contributed by atoms with van der Waals surface area (Å²) in [5.41, 5.74) is 1.31. The fourth-order valence-electron chi connectivity index (χ4n) is 1.42. The van der Waals surface area contributed by atoms with E-state index >= 15 is 0 Å². The molecule has 0 unspecified atom stereocenters. The third-order valence-electron chi connectivity index (χ3n) is 2.32. The molecule has 0 fully saturated rings. The van der Waals surface area contributed by atoms with Crippen molar-refractivity contribution in [3.63, 3.8) is 0 Å². The maximum atomic E-state index is 8.60. The molecule has 0 amide bonds. The van der Waals surface area contributed by atoms with Crippen molar-refractivity contribution in [2.75, 3.05) is 0 Å². The van der Waals surface area contributed by atoms with Gasteiger partial charge in [0.15, 0.2) is 0 Å². The van der Waals surface area contributed by atoms with Crippen molar-refractivity contribution in [2.24, 2.45) is 0 Å². The number of nitrogens with one attached hydrogen (secondary N) is 1. The molecular weight excluding hydrogens is 220 g/mol. The molecule has 16 heavy (non-hydrogen) atoms. The van der Waals surface area contributed by atoms with E-state index in [1.165, 1.54) is 10.4 Å². The van der Waals surface area contributed by atoms with E-state index in [0.717, 1.165) is 12.3 Å². The molecule has 4 heteroatoms. The smallest absolute Gasteiger partial charge is 0.203 e. The summed E-state index contributed by atoms with van der Waals surface area (Å²) in [6, 6.07) is 7.60. The van der Waals surface area contributed by atoms with Crippen LogP contribution in [-0.2, 0) is 13.1 Å². The second-order valence-corrected chi connectivity index (χ2v) is 4.51. The molecule has 1 N–H and O–H groups in total. The lowest BCUT2D eigenvalue weighted by atomic mass is 10.3. The Morgan fingerprint density at radius 1 is 1.38 bits per heavy atom. The van der Waals surface area contributed by atoms with Crippen LogP contribution in [0.25, 0.3) is 0 Å². The van der Waals surface area contributed by atoms with Gasteiger partial charge < -0.3 is 9.73 Å². The van der Waals surface area contributed by atoms with Gasteiger partial charge >= 0.3 is 0 Å². The van der Waals surface area contributed by atoms with Crippen molar-refractivity contribution in [2.45, 2.75) is 20.0 Å². The summed E-state index contributed by atoms with van der Waals surface area (Å²) in [4.78, 5) is 1.34. The largest absolute Gasteiger partial charge is 0.449 e. The van der Waals surface area contributed by atoms with Crippen LogP contribution in [0, 0.1) is 18.3 Å². The van der Waals surface area contributed by atoms with E-state index < -0.39 is 0 Å². The van der Waals surface area contributed by atoms with Gasteiger partial charge in [-0.3, -0.25) is 0 Å². The summed E-state index contributed by atoms with van der Waals surface area (Å²) < 4.78 is 5.26. The Balaban J connectivity index is 1.85. The Morgan fingerprint density at radius 2 is 2.25 bits per heavy atom. The monoisotopic (exact) mass is 232 g/mol. The van der Waals surface area contributed by atoms with E-state index in [0.29, 0.717) is 12.3 Å². The van der Waals surface area contributed by atoms with Crippen LogP contribution in [0.3, 0.4) is 0 Å². The number of nitrogens with zero attached hydrogens (tertiary/aromatic N) is 1. The highest BCUT2D eigenvalue weighted by atomic mass is 32.1. The van der Waals surface area contributed by atoms with E-state index in [1.807, 2.05) is 12.1 Å². The second kappa shape index (κ2) is 4.97. The highest BCUT2D eigenvalue weighted by molar-refractivity contribution is 7.10. The molecule has 2 rings (SSSR count). The van der Waals surface area contributed by atoms with E-state index in [-0.39, 0.29) is 0 Å². The van der Waals surface area contributed by atoms with Gasteiger partial charge in [0, 0.05) is 11.4 Å². The molecule has 0 bridgehead atoms. The first-order chi connectivity index (χ1) is 7.79. The van der Waals surface area contributed by atoms with Gasteiger partial charge in [-0.05, 0) is 36.1 Å². The van der Waals surface area contributed by atoms with Gasteiger partial charge in [-0.2, -0.15) is 5.26 Å². The van der Waals surface area contributed by atoms with E-state index in [4.69, 9.17) is 9.68 Å². The molecule has 0 aliphatic rings. The molecule has 0 aliphatic heterocycles. The molecule has 0 spiro atoms. The van der Waals surface area contributed by atoms with Gasteiger partial charge in [0.2, 0.25) is 5.76 Å². The summed E-state index contributed by atoms with van der Waals surface area (Å²) in [6.07, 6.45) is 0. The van der Waals surface area contributed by atoms with Crippen LogP contribution in [0.2, 0.25) is 0 Å². The van der Waals surface area contributed by atoms with Crippen molar-refractivity contribution in [3.8, 4) is 6.07 Å². The number of hydrogen-bond acceptors (Lipinski definition) is 4. The summed E-state index contributed by atoms with van der Waals surface area (Å²) >= 11 is 1.75. The first-order valence-corrected chi connectivity index (χ1v) is 5.90. The Kier molecular flexibility index (Phi) is 3.40. The minimum atomic E-state index is 0.365. The Morgan fingerprint density at radius 3 is 2.88 bits per heavy atom. The molecule has 0 saturated carbocycles. The molecule has 2 heterocycles. The average Bonchev–Trinajstić information content (AvgIpc) is 2.89. The molecule has 3 nitrogen and oxygen atoms in total. The lowest BCUT2D eigenvalue weighted by Crippen LogP contribution is -2.11. The first-order valence-electron chi connectivity index (χ1n) is 5.02. The Labute approximate surface area is 98.3 Å². The number of aryl methyl sites for hydroxylation is 1. The van der Waals surface area contributed by atoms with Gasteiger partial charge in [0.25, 0.3) is 0 Å². The maximum Gasteiger partial charge on any atom is 0.203 e. The van der Waals surface area contributed by atoms with Crippen molar-refractivity contribution < 1.29 is 4.42 Å². The van der Waals surface area contributed by atoms with Gasteiger partial charge in [0.1, 0.15) is 11.8 Å². The number of furan rings is 1. The van der Waals surface area contributed by atoms with Crippen LogP contribution < -0.4 is 5.32 Å². The van der Waals surface area contributed by atoms with Crippen LogP contribution in [0.5, 0.6) is 0 Å². The van der Waals surface area contributed by atoms with E-state index in [1.54, 1.807) is 17.4 Å². The van der Waals surface area contributed by atoms with Gasteiger partial charge in [-0.25, -0.2) is 0 Å². The third kappa shape index (κ3) is 2.51. The Hall–Kier alpha value is -1.57. The normalized spacial score (nSPS) is 10.2. The van der Waals surface area contributed by atoms with Crippen molar-refractivity contribution in [3.05, 3.63) is 45.5 Å². The number of thiophene rings is 1. The zero-order chi connectivity index (χ0) is 11.4. The molecule has 0 radical (unpaired) electrons. The summed E-state index contributed by atoms with van der Waals surface area (Å²) in [6.45, 7) is 3.60. The maximum absolute atomic E-state index is 8.60. The second-order valence-electron chi connectivity index (χ2n) is 3.51. The van der Waals surface area contributed by atoms with Crippen molar-refractivity contribution >= 4 is 11.3 Å². The van der Waals surface area contributed by atoms with Crippen LogP contribution in [0.15, 0.2) is 28.0 Å². The molecule has 2 aromatic heterocycles. The van der Waals surface area contributed by atoms with Crippen LogP contribution in [0.4, 0.5) is 0 Å². The zero-order valence-electron chi connectivity index (χ0n) is 8.99. The summed E-state index contributed by atoms with van der Waals surface area (Å²) in [7, 11) is 0. The van der Waals surface area contributed by atoms with E-state index in [2.05, 4.69) is 23.7 Å². The van der Waals surface area contributed by atoms with E-state index in [9.17, 15) is 0 Å². The Bertz CT molecular complexity index is 507. The average molecular weight is 232 g/mol. The van der Waals surface area contributed by atoms with Gasteiger partial charge in [-0.15, -0.1) is 11.3 Å². The van der Waals surface area contributed by atoms with Crippen LogP contribution in [-0.4, -0.2) is 0 Å². The summed E-state index contributed by atoms with van der Waals surface area (Å²) in [5, 5.41) is 14.0. The number of rotatable bonds is 4. The molecule has 0 aliphatic carbocycles. The van der Waals surface area contributed by atoms with Gasteiger partial charge in [-0.1, -0.05) is 0 Å². The standard InChI is InChI=1S/C12H12N2OS/c1-9-4-5-16-12(9)8-14-7-11-3-2-10(6-13)15-11/h2-5,14H,7-8H2,1H3. The molecule has 82 valence electrons. The fourth-order valence-corrected chi connectivity index (χ4v) is 2.29.